The lowest BCUT2D eigenvalue weighted by Crippen LogP contribution is -2.65. The standard InChI is InChI=1S/C23H35N5O3/c1-4-11-27-21(30)19-14-18(20(29)26-12-9-16(2)10-13-26)25-28(19)15-23(27,3)22(31)24-17-7-5-6-8-17/h14,16-17H,4-13,15H2,1-3H3,(H,24,31)/t23-/m1/s1. The van der Waals surface area contributed by atoms with Crippen LogP contribution in [0.1, 0.15) is 86.7 Å². The zero-order chi connectivity index (χ0) is 22.2. The maximum Gasteiger partial charge on any atom is 0.274 e. The van der Waals surface area contributed by atoms with E-state index in [0.29, 0.717) is 23.9 Å². The van der Waals surface area contributed by atoms with Crippen LogP contribution in [0.15, 0.2) is 6.07 Å². The largest absolute Gasteiger partial charge is 0.351 e. The Bertz CT molecular complexity index is 851. The van der Waals surface area contributed by atoms with Crippen LogP contribution in [0.25, 0.3) is 0 Å². The van der Waals surface area contributed by atoms with E-state index < -0.39 is 5.54 Å². The van der Waals surface area contributed by atoms with E-state index in [9.17, 15) is 14.4 Å². The molecular weight excluding hydrogens is 394 g/mol. The fourth-order valence-corrected chi connectivity index (χ4v) is 5.10. The van der Waals surface area contributed by atoms with Crippen molar-refractivity contribution in [1.29, 1.82) is 0 Å². The maximum absolute atomic E-state index is 13.4. The van der Waals surface area contributed by atoms with E-state index >= 15 is 0 Å². The summed E-state index contributed by atoms with van der Waals surface area (Å²) < 4.78 is 1.57. The highest BCUT2D eigenvalue weighted by molar-refractivity contribution is 6.02. The SMILES string of the molecule is CCCN1C(=O)c2cc(C(=O)N3CCC(C)CC3)nn2C[C@]1(C)C(=O)NC1CCCC1. The van der Waals surface area contributed by atoms with E-state index in [0.717, 1.165) is 58.0 Å². The van der Waals surface area contributed by atoms with Gasteiger partial charge in [-0.3, -0.25) is 19.1 Å². The van der Waals surface area contributed by atoms with Gasteiger partial charge in [-0.2, -0.15) is 5.10 Å². The number of fused-ring (bicyclic) bond motifs is 1. The molecule has 0 spiro atoms. The highest BCUT2D eigenvalue weighted by atomic mass is 16.2. The molecule has 2 fully saturated rings. The van der Waals surface area contributed by atoms with Crippen molar-refractivity contribution in [2.24, 2.45) is 5.92 Å². The minimum atomic E-state index is -1.02. The van der Waals surface area contributed by atoms with Crippen LogP contribution in [0.4, 0.5) is 0 Å². The Kier molecular flexibility index (Phi) is 6.08. The molecule has 170 valence electrons. The number of carbonyl (C=O) groups excluding carboxylic acids is 3. The molecule has 4 rings (SSSR count). The third kappa shape index (κ3) is 4.08. The van der Waals surface area contributed by atoms with Crippen molar-refractivity contribution < 1.29 is 14.4 Å². The number of piperidine rings is 1. The van der Waals surface area contributed by atoms with Crippen molar-refractivity contribution in [3.05, 3.63) is 17.5 Å². The van der Waals surface area contributed by atoms with Crippen LogP contribution >= 0.6 is 0 Å². The second-order valence-electron chi connectivity index (χ2n) is 9.73. The fraction of sp³-hybridized carbons (Fsp3) is 0.739. The molecular formula is C23H35N5O3. The van der Waals surface area contributed by atoms with Crippen LogP contribution in [-0.2, 0) is 11.3 Å². The topological polar surface area (TPSA) is 87.5 Å². The summed E-state index contributed by atoms with van der Waals surface area (Å²) in [5.74, 6) is 0.152. The van der Waals surface area contributed by atoms with Crippen LogP contribution in [0.5, 0.6) is 0 Å². The van der Waals surface area contributed by atoms with Gasteiger partial charge in [-0.25, -0.2) is 0 Å². The average Bonchev–Trinajstić information content (AvgIpc) is 3.41. The molecule has 0 unspecified atom stereocenters. The van der Waals surface area contributed by atoms with E-state index in [1.807, 2.05) is 18.7 Å². The summed E-state index contributed by atoms with van der Waals surface area (Å²) in [7, 11) is 0. The number of rotatable bonds is 5. The number of aromatic nitrogens is 2. The van der Waals surface area contributed by atoms with E-state index in [1.54, 1.807) is 15.6 Å². The van der Waals surface area contributed by atoms with Gasteiger partial charge in [0.1, 0.15) is 11.2 Å². The molecule has 31 heavy (non-hydrogen) atoms. The minimum absolute atomic E-state index is 0.124. The van der Waals surface area contributed by atoms with Crippen LogP contribution in [0.2, 0.25) is 0 Å². The third-order valence-corrected chi connectivity index (χ3v) is 7.21. The van der Waals surface area contributed by atoms with E-state index in [2.05, 4.69) is 17.3 Å². The Morgan fingerprint density at radius 1 is 1.19 bits per heavy atom. The summed E-state index contributed by atoms with van der Waals surface area (Å²) >= 11 is 0. The molecule has 1 aliphatic carbocycles. The van der Waals surface area contributed by atoms with Gasteiger partial charge in [0, 0.05) is 31.7 Å². The number of hydrogen-bond donors (Lipinski definition) is 1. The van der Waals surface area contributed by atoms with Crippen molar-refractivity contribution in [1.82, 2.24) is 24.9 Å². The first-order chi connectivity index (χ1) is 14.8. The van der Waals surface area contributed by atoms with Gasteiger partial charge in [-0.05, 0) is 44.9 Å². The van der Waals surface area contributed by atoms with Gasteiger partial charge in [-0.1, -0.05) is 26.7 Å². The Balaban J connectivity index is 1.58. The summed E-state index contributed by atoms with van der Waals surface area (Å²) in [4.78, 5) is 43.2. The van der Waals surface area contributed by atoms with Crippen molar-refractivity contribution in [2.45, 2.75) is 83.8 Å². The molecule has 8 nitrogen and oxygen atoms in total. The number of amides is 3. The third-order valence-electron chi connectivity index (χ3n) is 7.21. The summed E-state index contributed by atoms with van der Waals surface area (Å²) in [5.41, 5.74) is -0.321. The predicted octanol–water partition coefficient (Wildman–Crippen LogP) is 2.44. The first-order valence-electron chi connectivity index (χ1n) is 11.8. The van der Waals surface area contributed by atoms with Gasteiger partial charge in [0.05, 0.1) is 6.54 Å². The van der Waals surface area contributed by atoms with Gasteiger partial charge in [0.2, 0.25) is 5.91 Å². The molecule has 3 heterocycles. The molecule has 0 radical (unpaired) electrons. The molecule has 8 heteroatoms. The van der Waals surface area contributed by atoms with Crippen LogP contribution in [-0.4, -0.2) is 68.5 Å². The lowest BCUT2D eigenvalue weighted by Gasteiger charge is -2.43. The first kappa shape index (κ1) is 21.8. The molecule has 3 amide bonds. The van der Waals surface area contributed by atoms with Gasteiger partial charge in [0.15, 0.2) is 5.69 Å². The molecule has 3 aliphatic rings. The molecule has 1 aromatic heterocycles. The smallest absolute Gasteiger partial charge is 0.274 e. The Hall–Kier alpha value is -2.38. The van der Waals surface area contributed by atoms with Crippen molar-refractivity contribution >= 4 is 17.7 Å². The Morgan fingerprint density at radius 3 is 2.52 bits per heavy atom. The minimum Gasteiger partial charge on any atom is -0.351 e. The summed E-state index contributed by atoms with van der Waals surface area (Å²) in [6.07, 6.45) is 6.97. The van der Waals surface area contributed by atoms with Gasteiger partial charge >= 0.3 is 0 Å². The normalized spacial score (nSPS) is 25.1. The molecule has 1 N–H and O–H groups in total. The molecule has 2 aliphatic heterocycles. The Morgan fingerprint density at radius 2 is 1.87 bits per heavy atom. The highest BCUT2D eigenvalue weighted by Crippen LogP contribution is 2.29. The lowest BCUT2D eigenvalue weighted by molar-refractivity contribution is -0.133. The van der Waals surface area contributed by atoms with E-state index in [1.165, 1.54) is 0 Å². The maximum atomic E-state index is 13.4. The van der Waals surface area contributed by atoms with Gasteiger partial charge in [0.25, 0.3) is 11.8 Å². The zero-order valence-electron chi connectivity index (χ0n) is 19.0. The summed E-state index contributed by atoms with van der Waals surface area (Å²) in [6.45, 7) is 8.22. The highest BCUT2D eigenvalue weighted by Gasteiger charge is 2.48. The van der Waals surface area contributed by atoms with Gasteiger partial charge in [-0.15, -0.1) is 0 Å². The average molecular weight is 430 g/mol. The summed E-state index contributed by atoms with van der Waals surface area (Å²) in [6, 6.07) is 1.79. The van der Waals surface area contributed by atoms with Crippen LogP contribution in [0.3, 0.4) is 0 Å². The lowest BCUT2D eigenvalue weighted by atomic mass is 9.94. The second-order valence-corrected chi connectivity index (χ2v) is 9.73. The summed E-state index contributed by atoms with van der Waals surface area (Å²) in [5, 5.41) is 7.66. The molecule has 0 bridgehead atoms. The Labute approximate surface area is 184 Å². The molecule has 1 atom stereocenters. The van der Waals surface area contributed by atoms with Gasteiger partial charge < -0.3 is 15.1 Å². The molecule has 0 aromatic carbocycles. The van der Waals surface area contributed by atoms with E-state index in [4.69, 9.17) is 0 Å². The van der Waals surface area contributed by atoms with Crippen molar-refractivity contribution in [3.8, 4) is 0 Å². The number of likely N-dealkylation sites (tertiary alicyclic amines) is 1. The van der Waals surface area contributed by atoms with E-state index in [-0.39, 0.29) is 30.3 Å². The van der Waals surface area contributed by atoms with Crippen LogP contribution in [0, 0.1) is 5.92 Å². The number of nitrogens with one attached hydrogen (secondary N) is 1. The first-order valence-corrected chi connectivity index (χ1v) is 11.8. The van der Waals surface area contributed by atoms with Crippen molar-refractivity contribution in [2.75, 3.05) is 19.6 Å². The number of carbonyl (C=O) groups is 3. The molecule has 1 saturated carbocycles. The number of nitrogens with zero attached hydrogens (tertiary/aromatic N) is 4. The predicted molar refractivity (Wildman–Crippen MR) is 117 cm³/mol. The van der Waals surface area contributed by atoms with Crippen LogP contribution < -0.4 is 5.32 Å². The quantitative estimate of drug-likeness (QED) is 0.779. The molecule has 1 saturated heterocycles. The second kappa shape index (κ2) is 8.63. The zero-order valence-corrected chi connectivity index (χ0v) is 19.0. The fourth-order valence-electron chi connectivity index (χ4n) is 5.10. The number of hydrogen-bond acceptors (Lipinski definition) is 4. The molecule has 1 aromatic rings. The van der Waals surface area contributed by atoms with Crippen molar-refractivity contribution in [3.63, 3.8) is 0 Å². The monoisotopic (exact) mass is 429 g/mol.